The standard InChI is InChI=1S/C20H27N/c1-5-21-20(19-12-8-16(3)17(4)14-19)13-11-18-9-6-15(2)7-10-18/h6-10,12,14,20-21H,5,11,13H2,1-4H3. The molecule has 1 unspecified atom stereocenters. The van der Waals surface area contributed by atoms with Gasteiger partial charge in [-0.2, -0.15) is 0 Å². The van der Waals surface area contributed by atoms with Crippen molar-refractivity contribution in [2.75, 3.05) is 6.54 Å². The van der Waals surface area contributed by atoms with Crippen molar-refractivity contribution in [1.82, 2.24) is 5.32 Å². The maximum Gasteiger partial charge on any atom is 0.0323 e. The topological polar surface area (TPSA) is 12.0 Å². The van der Waals surface area contributed by atoms with E-state index in [-0.39, 0.29) is 0 Å². The third-order valence-corrected chi connectivity index (χ3v) is 4.23. The molecule has 0 aliphatic rings. The predicted molar refractivity (Wildman–Crippen MR) is 91.8 cm³/mol. The fourth-order valence-electron chi connectivity index (χ4n) is 2.68. The molecule has 0 amide bonds. The van der Waals surface area contributed by atoms with E-state index in [0.717, 1.165) is 19.4 Å². The van der Waals surface area contributed by atoms with Gasteiger partial charge in [0.15, 0.2) is 0 Å². The Labute approximate surface area is 129 Å². The van der Waals surface area contributed by atoms with E-state index in [1.165, 1.54) is 27.8 Å². The third-order valence-electron chi connectivity index (χ3n) is 4.23. The van der Waals surface area contributed by atoms with E-state index >= 15 is 0 Å². The van der Waals surface area contributed by atoms with Crippen molar-refractivity contribution in [3.63, 3.8) is 0 Å². The molecule has 0 bridgehead atoms. The van der Waals surface area contributed by atoms with Crippen LogP contribution in [0.3, 0.4) is 0 Å². The van der Waals surface area contributed by atoms with Crippen LogP contribution < -0.4 is 5.32 Å². The quantitative estimate of drug-likeness (QED) is 0.794. The number of aryl methyl sites for hydroxylation is 4. The summed E-state index contributed by atoms with van der Waals surface area (Å²) < 4.78 is 0. The SMILES string of the molecule is CCNC(CCc1ccc(C)cc1)c1ccc(C)c(C)c1. The Bertz CT molecular complexity index is 569. The molecule has 0 saturated heterocycles. The van der Waals surface area contributed by atoms with Crippen molar-refractivity contribution in [3.05, 3.63) is 70.3 Å². The van der Waals surface area contributed by atoms with E-state index in [4.69, 9.17) is 0 Å². The van der Waals surface area contributed by atoms with Crippen molar-refractivity contribution >= 4 is 0 Å². The Morgan fingerprint density at radius 3 is 2.24 bits per heavy atom. The minimum atomic E-state index is 0.440. The zero-order valence-electron chi connectivity index (χ0n) is 13.7. The van der Waals surface area contributed by atoms with E-state index in [0.29, 0.717) is 6.04 Å². The molecule has 1 heteroatoms. The summed E-state index contributed by atoms with van der Waals surface area (Å²) in [5, 5.41) is 3.63. The van der Waals surface area contributed by atoms with Crippen LogP contribution in [-0.4, -0.2) is 6.54 Å². The van der Waals surface area contributed by atoms with Gasteiger partial charge in [-0.1, -0.05) is 55.0 Å². The minimum Gasteiger partial charge on any atom is -0.310 e. The Kier molecular flexibility index (Phi) is 5.58. The van der Waals surface area contributed by atoms with Crippen LogP contribution in [0, 0.1) is 20.8 Å². The van der Waals surface area contributed by atoms with E-state index in [2.05, 4.69) is 75.5 Å². The summed E-state index contributed by atoms with van der Waals surface area (Å²) in [6, 6.07) is 16.2. The first-order valence-electron chi connectivity index (χ1n) is 7.96. The second-order valence-electron chi connectivity index (χ2n) is 5.98. The van der Waals surface area contributed by atoms with E-state index in [1.807, 2.05) is 0 Å². The molecule has 1 nitrogen and oxygen atoms in total. The molecule has 1 N–H and O–H groups in total. The van der Waals surface area contributed by atoms with Gasteiger partial charge in [-0.25, -0.2) is 0 Å². The lowest BCUT2D eigenvalue weighted by molar-refractivity contribution is 0.515. The third kappa shape index (κ3) is 4.44. The molecule has 0 radical (unpaired) electrons. The molecule has 1 atom stereocenters. The molecular weight excluding hydrogens is 254 g/mol. The van der Waals surface area contributed by atoms with Gasteiger partial charge in [-0.15, -0.1) is 0 Å². The molecule has 0 aliphatic heterocycles. The predicted octanol–water partition coefficient (Wildman–Crippen LogP) is 4.90. The molecule has 0 spiro atoms. The van der Waals surface area contributed by atoms with Crippen molar-refractivity contribution in [2.45, 2.75) is 46.6 Å². The molecule has 21 heavy (non-hydrogen) atoms. The smallest absolute Gasteiger partial charge is 0.0323 e. The lowest BCUT2D eigenvalue weighted by Gasteiger charge is -2.19. The fourth-order valence-corrected chi connectivity index (χ4v) is 2.68. The first kappa shape index (κ1) is 15.8. The molecular formula is C20H27N. The van der Waals surface area contributed by atoms with Crippen LogP contribution in [0.4, 0.5) is 0 Å². The summed E-state index contributed by atoms with van der Waals surface area (Å²) >= 11 is 0. The normalized spacial score (nSPS) is 12.4. The van der Waals surface area contributed by atoms with Crippen LogP contribution in [0.15, 0.2) is 42.5 Å². The van der Waals surface area contributed by atoms with Crippen molar-refractivity contribution in [2.24, 2.45) is 0 Å². The number of rotatable bonds is 6. The summed E-state index contributed by atoms with van der Waals surface area (Å²) in [4.78, 5) is 0. The number of hydrogen-bond acceptors (Lipinski definition) is 1. The number of hydrogen-bond donors (Lipinski definition) is 1. The Morgan fingerprint density at radius 2 is 1.62 bits per heavy atom. The molecule has 0 saturated carbocycles. The summed E-state index contributed by atoms with van der Waals surface area (Å²) in [5.74, 6) is 0. The molecule has 0 heterocycles. The Balaban J connectivity index is 2.07. The lowest BCUT2D eigenvalue weighted by atomic mass is 9.96. The van der Waals surface area contributed by atoms with Crippen LogP contribution in [0.1, 0.15) is 47.2 Å². The van der Waals surface area contributed by atoms with Crippen LogP contribution in [0.5, 0.6) is 0 Å². The summed E-state index contributed by atoms with van der Waals surface area (Å²) in [7, 11) is 0. The fraction of sp³-hybridized carbons (Fsp3) is 0.400. The van der Waals surface area contributed by atoms with Crippen LogP contribution in [0.25, 0.3) is 0 Å². The first-order chi connectivity index (χ1) is 10.1. The monoisotopic (exact) mass is 281 g/mol. The van der Waals surface area contributed by atoms with Gasteiger partial charge < -0.3 is 5.32 Å². The second-order valence-corrected chi connectivity index (χ2v) is 5.98. The second kappa shape index (κ2) is 7.42. The van der Waals surface area contributed by atoms with Gasteiger partial charge in [0.2, 0.25) is 0 Å². The molecule has 0 fully saturated rings. The maximum atomic E-state index is 3.63. The summed E-state index contributed by atoms with van der Waals surface area (Å²) in [6.45, 7) is 9.70. The average molecular weight is 281 g/mol. The highest BCUT2D eigenvalue weighted by atomic mass is 14.9. The van der Waals surface area contributed by atoms with Gasteiger partial charge in [0.25, 0.3) is 0 Å². The van der Waals surface area contributed by atoms with Crippen LogP contribution >= 0.6 is 0 Å². The maximum absolute atomic E-state index is 3.63. The lowest BCUT2D eigenvalue weighted by Crippen LogP contribution is -2.21. The molecule has 2 aromatic rings. The van der Waals surface area contributed by atoms with Gasteiger partial charge in [-0.3, -0.25) is 0 Å². The zero-order chi connectivity index (χ0) is 15.2. The highest BCUT2D eigenvalue weighted by Crippen LogP contribution is 2.22. The van der Waals surface area contributed by atoms with E-state index in [1.54, 1.807) is 0 Å². The Morgan fingerprint density at radius 1 is 0.905 bits per heavy atom. The molecule has 0 aromatic heterocycles. The minimum absolute atomic E-state index is 0.440. The van der Waals surface area contributed by atoms with Gasteiger partial charge in [0.1, 0.15) is 0 Å². The van der Waals surface area contributed by atoms with Crippen molar-refractivity contribution in [1.29, 1.82) is 0 Å². The van der Waals surface area contributed by atoms with Gasteiger partial charge >= 0.3 is 0 Å². The van der Waals surface area contributed by atoms with Gasteiger partial charge in [0, 0.05) is 6.04 Å². The zero-order valence-corrected chi connectivity index (χ0v) is 13.7. The summed E-state index contributed by atoms with van der Waals surface area (Å²) in [5.41, 5.74) is 6.91. The van der Waals surface area contributed by atoms with Gasteiger partial charge in [-0.05, 0) is 62.4 Å². The van der Waals surface area contributed by atoms with Crippen molar-refractivity contribution < 1.29 is 0 Å². The summed E-state index contributed by atoms with van der Waals surface area (Å²) in [6.07, 6.45) is 2.25. The van der Waals surface area contributed by atoms with Crippen molar-refractivity contribution in [3.8, 4) is 0 Å². The van der Waals surface area contributed by atoms with Gasteiger partial charge in [0.05, 0.1) is 0 Å². The highest BCUT2D eigenvalue weighted by Gasteiger charge is 2.11. The highest BCUT2D eigenvalue weighted by molar-refractivity contribution is 5.32. The first-order valence-corrected chi connectivity index (χ1v) is 7.96. The molecule has 2 aromatic carbocycles. The number of nitrogens with one attached hydrogen (secondary N) is 1. The van der Waals surface area contributed by atoms with E-state index in [9.17, 15) is 0 Å². The molecule has 112 valence electrons. The Hall–Kier alpha value is -1.60. The van der Waals surface area contributed by atoms with Crippen LogP contribution in [0.2, 0.25) is 0 Å². The average Bonchev–Trinajstić information content (AvgIpc) is 2.48. The number of benzene rings is 2. The van der Waals surface area contributed by atoms with E-state index < -0.39 is 0 Å². The largest absolute Gasteiger partial charge is 0.310 e. The van der Waals surface area contributed by atoms with Crippen LogP contribution in [-0.2, 0) is 6.42 Å². The molecule has 2 rings (SSSR count). The molecule has 0 aliphatic carbocycles.